The smallest absolute Gasteiger partial charge is 0.0511 e. The molecule has 0 aliphatic rings. The first-order chi connectivity index (χ1) is 9.65. The first kappa shape index (κ1) is 15.9. The van der Waals surface area contributed by atoms with E-state index in [1.165, 1.54) is 10.5 Å². The number of rotatable bonds is 5. The molecule has 2 aromatic rings. The maximum atomic E-state index is 6.29. The topological polar surface area (TPSA) is 38.0 Å². The third kappa shape index (κ3) is 3.77. The molecule has 0 fully saturated rings. The summed E-state index contributed by atoms with van der Waals surface area (Å²) in [6.07, 6.45) is 2.82. The molecule has 0 radical (unpaired) electrons. The number of hydrogen-bond acceptors (Lipinski definition) is 3. The van der Waals surface area contributed by atoms with Crippen LogP contribution in [0.3, 0.4) is 0 Å². The molecule has 1 unspecified atom stereocenters. The normalized spacial score (nSPS) is 12.4. The summed E-state index contributed by atoms with van der Waals surface area (Å²) in [5.41, 5.74) is 5.17. The molecule has 3 N–H and O–H groups in total. The van der Waals surface area contributed by atoms with E-state index in [-0.39, 0.29) is 6.04 Å². The highest BCUT2D eigenvalue weighted by Gasteiger charge is 2.15. The van der Waals surface area contributed by atoms with Crippen LogP contribution in [0.15, 0.2) is 51.8 Å². The summed E-state index contributed by atoms with van der Waals surface area (Å²) in [5, 5.41) is 0.751. The summed E-state index contributed by atoms with van der Waals surface area (Å²) in [5.74, 6) is 5.74. The van der Waals surface area contributed by atoms with Gasteiger partial charge in [-0.2, -0.15) is 0 Å². The van der Waals surface area contributed by atoms with Crippen molar-refractivity contribution in [2.45, 2.75) is 17.4 Å². The van der Waals surface area contributed by atoms with Gasteiger partial charge in [0.15, 0.2) is 0 Å². The lowest BCUT2D eigenvalue weighted by Gasteiger charge is -2.19. The van der Waals surface area contributed by atoms with Crippen molar-refractivity contribution in [3.05, 3.63) is 63.1 Å². The highest BCUT2D eigenvalue weighted by Crippen LogP contribution is 2.30. The van der Waals surface area contributed by atoms with Gasteiger partial charge in [0.05, 0.1) is 6.04 Å². The number of nitrogens with one attached hydrogen (secondary N) is 1. The summed E-state index contributed by atoms with van der Waals surface area (Å²) in [6, 6.07) is 14.2. The van der Waals surface area contributed by atoms with E-state index in [1.54, 1.807) is 11.8 Å². The Hall–Kier alpha value is -0.520. The maximum absolute atomic E-state index is 6.29. The molecular weight excluding hydrogens is 356 g/mol. The van der Waals surface area contributed by atoms with Gasteiger partial charge in [0.1, 0.15) is 0 Å². The van der Waals surface area contributed by atoms with Crippen LogP contribution in [0.4, 0.5) is 0 Å². The van der Waals surface area contributed by atoms with Gasteiger partial charge in [0, 0.05) is 14.4 Å². The molecule has 2 aromatic carbocycles. The third-order valence-electron chi connectivity index (χ3n) is 3.15. The second-order valence-electron chi connectivity index (χ2n) is 4.40. The maximum Gasteiger partial charge on any atom is 0.0511 e. The number of thioether (sulfide) groups is 1. The van der Waals surface area contributed by atoms with Gasteiger partial charge in [-0.15, -0.1) is 11.8 Å². The fraction of sp³-hybridized carbons (Fsp3) is 0.200. The van der Waals surface area contributed by atoms with Crippen LogP contribution in [-0.4, -0.2) is 6.26 Å². The first-order valence-electron chi connectivity index (χ1n) is 6.18. The lowest BCUT2D eigenvalue weighted by atomic mass is 9.99. The second-order valence-corrected chi connectivity index (χ2v) is 6.57. The molecule has 0 saturated heterocycles. The predicted molar refractivity (Wildman–Crippen MR) is 91.1 cm³/mol. The van der Waals surface area contributed by atoms with E-state index in [0.717, 1.165) is 21.5 Å². The minimum Gasteiger partial charge on any atom is -0.271 e. The Morgan fingerprint density at radius 2 is 2.05 bits per heavy atom. The molecule has 0 bridgehead atoms. The van der Waals surface area contributed by atoms with Gasteiger partial charge >= 0.3 is 0 Å². The highest BCUT2D eigenvalue weighted by molar-refractivity contribution is 9.10. The van der Waals surface area contributed by atoms with Gasteiger partial charge in [-0.05, 0) is 42.0 Å². The van der Waals surface area contributed by atoms with Gasteiger partial charge in [0.25, 0.3) is 0 Å². The van der Waals surface area contributed by atoms with Crippen molar-refractivity contribution in [2.75, 3.05) is 6.26 Å². The van der Waals surface area contributed by atoms with E-state index >= 15 is 0 Å². The highest BCUT2D eigenvalue weighted by atomic mass is 79.9. The Kier molecular flexibility index (Phi) is 5.93. The van der Waals surface area contributed by atoms with Crippen molar-refractivity contribution in [1.82, 2.24) is 5.43 Å². The Morgan fingerprint density at radius 3 is 2.70 bits per heavy atom. The van der Waals surface area contributed by atoms with Crippen molar-refractivity contribution in [2.24, 2.45) is 5.84 Å². The van der Waals surface area contributed by atoms with Gasteiger partial charge in [-0.3, -0.25) is 11.3 Å². The molecule has 2 rings (SSSR count). The van der Waals surface area contributed by atoms with Crippen LogP contribution >= 0.6 is 39.3 Å². The van der Waals surface area contributed by atoms with E-state index in [9.17, 15) is 0 Å². The third-order valence-corrected chi connectivity index (χ3v) is 4.81. The van der Waals surface area contributed by atoms with Crippen LogP contribution in [0, 0.1) is 0 Å². The molecule has 1 atom stereocenters. The lowest BCUT2D eigenvalue weighted by Crippen LogP contribution is -2.30. The second kappa shape index (κ2) is 7.48. The molecule has 0 aromatic heterocycles. The van der Waals surface area contributed by atoms with Crippen molar-refractivity contribution in [1.29, 1.82) is 0 Å². The van der Waals surface area contributed by atoms with Gasteiger partial charge in [0.2, 0.25) is 0 Å². The van der Waals surface area contributed by atoms with E-state index in [0.29, 0.717) is 0 Å². The average molecular weight is 372 g/mol. The van der Waals surface area contributed by atoms with E-state index < -0.39 is 0 Å². The Morgan fingerprint density at radius 1 is 1.30 bits per heavy atom. The molecule has 20 heavy (non-hydrogen) atoms. The zero-order chi connectivity index (χ0) is 14.5. The molecule has 106 valence electrons. The molecule has 0 saturated carbocycles. The van der Waals surface area contributed by atoms with Crippen LogP contribution < -0.4 is 11.3 Å². The first-order valence-corrected chi connectivity index (χ1v) is 8.58. The molecule has 0 aliphatic carbocycles. The van der Waals surface area contributed by atoms with E-state index in [1.807, 2.05) is 30.3 Å². The van der Waals surface area contributed by atoms with Crippen LogP contribution in [0.2, 0.25) is 5.02 Å². The molecule has 5 heteroatoms. The van der Waals surface area contributed by atoms with Crippen molar-refractivity contribution in [3.8, 4) is 0 Å². The number of hydrogen-bond donors (Lipinski definition) is 2. The summed E-state index contributed by atoms with van der Waals surface area (Å²) in [7, 11) is 0. The zero-order valence-corrected chi connectivity index (χ0v) is 14.2. The summed E-state index contributed by atoms with van der Waals surface area (Å²) in [6.45, 7) is 0. The molecule has 0 amide bonds. The minimum absolute atomic E-state index is 0.0392. The van der Waals surface area contributed by atoms with Crippen molar-refractivity contribution < 1.29 is 0 Å². The number of benzene rings is 2. The quantitative estimate of drug-likeness (QED) is 0.459. The van der Waals surface area contributed by atoms with Gasteiger partial charge in [-0.1, -0.05) is 51.8 Å². The van der Waals surface area contributed by atoms with E-state index in [4.69, 9.17) is 17.4 Å². The van der Waals surface area contributed by atoms with Crippen molar-refractivity contribution in [3.63, 3.8) is 0 Å². The summed E-state index contributed by atoms with van der Waals surface area (Å²) in [4.78, 5) is 1.23. The van der Waals surface area contributed by atoms with Crippen LogP contribution in [-0.2, 0) is 6.42 Å². The SMILES string of the molecule is CSc1ccccc1C(Cc1ccc(Br)cc1Cl)NN. The fourth-order valence-electron chi connectivity index (χ4n) is 2.12. The largest absolute Gasteiger partial charge is 0.271 e. The average Bonchev–Trinajstić information content (AvgIpc) is 2.46. The molecule has 2 nitrogen and oxygen atoms in total. The number of halogens is 2. The predicted octanol–water partition coefficient (Wildman–Crippen LogP) is 4.57. The van der Waals surface area contributed by atoms with E-state index in [2.05, 4.69) is 39.7 Å². The minimum atomic E-state index is 0.0392. The molecule has 0 spiro atoms. The van der Waals surface area contributed by atoms with Gasteiger partial charge < -0.3 is 0 Å². The van der Waals surface area contributed by atoms with Gasteiger partial charge in [-0.25, -0.2) is 0 Å². The monoisotopic (exact) mass is 370 g/mol. The fourth-order valence-corrected chi connectivity index (χ4v) is 3.53. The Bertz CT molecular complexity index is 592. The summed E-state index contributed by atoms with van der Waals surface area (Å²) < 4.78 is 0.980. The van der Waals surface area contributed by atoms with Crippen LogP contribution in [0.25, 0.3) is 0 Å². The molecule has 0 heterocycles. The van der Waals surface area contributed by atoms with Crippen LogP contribution in [0.1, 0.15) is 17.2 Å². The van der Waals surface area contributed by atoms with Crippen LogP contribution in [0.5, 0.6) is 0 Å². The molecule has 0 aliphatic heterocycles. The lowest BCUT2D eigenvalue weighted by molar-refractivity contribution is 0.544. The standard InChI is InChI=1S/C15H16BrClN2S/c1-20-15-5-3-2-4-12(15)14(19-18)8-10-6-7-11(16)9-13(10)17/h2-7,9,14,19H,8,18H2,1H3. The Balaban J connectivity index is 2.29. The zero-order valence-electron chi connectivity index (χ0n) is 11.1. The molecular formula is C15H16BrClN2S. The van der Waals surface area contributed by atoms with Crippen molar-refractivity contribution >= 4 is 39.3 Å². The number of hydrazine groups is 1. The number of nitrogens with two attached hydrogens (primary N) is 1. The summed E-state index contributed by atoms with van der Waals surface area (Å²) >= 11 is 11.4. The Labute approximate surface area is 137 Å².